The van der Waals surface area contributed by atoms with Gasteiger partial charge >= 0.3 is 0 Å². The number of hydrogen-bond acceptors (Lipinski definition) is 6. The number of fused-ring (bicyclic) bond motifs is 1. The third-order valence-electron chi connectivity index (χ3n) is 4.31. The van der Waals surface area contributed by atoms with Crippen molar-refractivity contribution in [2.75, 3.05) is 19.0 Å². The van der Waals surface area contributed by atoms with Crippen LogP contribution in [-0.4, -0.2) is 38.1 Å². The van der Waals surface area contributed by atoms with Gasteiger partial charge in [-0.25, -0.2) is 17.2 Å². The maximum absolute atomic E-state index is 13.6. The van der Waals surface area contributed by atoms with Gasteiger partial charge in [0, 0.05) is 12.6 Å². The molecule has 0 fully saturated rings. The van der Waals surface area contributed by atoms with Crippen LogP contribution in [0.3, 0.4) is 0 Å². The van der Waals surface area contributed by atoms with Gasteiger partial charge in [0.2, 0.25) is 5.78 Å². The van der Waals surface area contributed by atoms with E-state index in [1.807, 2.05) is 5.32 Å². The van der Waals surface area contributed by atoms with Gasteiger partial charge in [-0.15, -0.1) is 0 Å². The van der Waals surface area contributed by atoms with Crippen LogP contribution in [0.5, 0.6) is 0 Å². The van der Waals surface area contributed by atoms with E-state index in [1.165, 1.54) is 32.2 Å². The predicted molar refractivity (Wildman–Crippen MR) is 102 cm³/mol. The molecule has 2 aromatic rings. The van der Waals surface area contributed by atoms with Crippen LogP contribution in [-0.2, 0) is 19.7 Å². The zero-order chi connectivity index (χ0) is 22.1. The second-order valence-corrected chi connectivity index (χ2v) is 8.24. The fourth-order valence-electron chi connectivity index (χ4n) is 2.87. The maximum atomic E-state index is 13.6. The number of halogens is 2. The van der Waals surface area contributed by atoms with Gasteiger partial charge in [-0.3, -0.25) is 24.2 Å². The SMILES string of the molecule is CC(NOCC(=O)Nc1c(F)cccc1F)=C1C(=O)c2ccccc2S(=O)(=O)N1C. The molecule has 11 heteroatoms. The summed E-state index contributed by atoms with van der Waals surface area (Å²) < 4.78 is 53.2. The highest BCUT2D eigenvalue weighted by Gasteiger charge is 2.38. The van der Waals surface area contributed by atoms with E-state index in [1.54, 1.807) is 6.07 Å². The summed E-state index contributed by atoms with van der Waals surface area (Å²) in [6.45, 7) is 0.723. The van der Waals surface area contributed by atoms with Gasteiger partial charge in [-0.05, 0) is 31.2 Å². The molecule has 3 rings (SSSR count). The first-order valence-corrected chi connectivity index (χ1v) is 10.0. The lowest BCUT2D eigenvalue weighted by Gasteiger charge is -2.29. The second kappa shape index (κ2) is 8.20. The normalized spacial score (nSPS) is 16.7. The molecule has 1 heterocycles. The minimum absolute atomic E-state index is 0.0134. The summed E-state index contributed by atoms with van der Waals surface area (Å²) in [5, 5.41) is 2.03. The molecule has 158 valence electrons. The third-order valence-corrected chi connectivity index (χ3v) is 6.13. The molecule has 0 bridgehead atoms. The molecule has 0 atom stereocenters. The molecule has 1 amide bonds. The van der Waals surface area contributed by atoms with Gasteiger partial charge in [-0.1, -0.05) is 18.2 Å². The van der Waals surface area contributed by atoms with Crippen LogP contribution in [0, 0.1) is 11.6 Å². The van der Waals surface area contributed by atoms with Crippen molar-refractivity contribution in [2.45, 2.75) is 11.8 Å². The summed E-state index contributed by atoms with van der Waals surface area (Å²) in [5.74, 6) is -3.32. The summed E-state index contributed by atoms with van der Waals surface area (Å²) in [6.07, 6.45) is 0. The Morgan fingerprint density at radius 3 is 2.40 bits per heavy atom. The average Bonchev–Trinajstić information content (AvgIpc) is 2.70. The van der Waals surface area contributed by atoms with Crippen LogP contribution < -0.4 is 10.8 Å². The predicted octanol–water partition coefficient (Wildman–Crippen LogP) is 2.17. The fourth-order valence-corrected chi connectivity index (χ4v) is 4.32. The lowest BCUT2D eigenvalue weighted by molar-refractivity contribution is -0.122. The number of hydroxylamine groups is 1. The summed E-state index contributed by atoms with van der Waals surface area (Å²) >= 11 is 0. The van der Waals surface area contributed by atoms with Crippen LogP contribution >= 0.6 is 0 Å². The highest BCUT2D eigenvalue weighted by molar-refractivity contribution is 7.89. The molecule has 0 aliphatic carbocycles. The first-order valence-electron chi connectivity index (χ1n) is 8.59. The average molecular weight is 437 g/mol. The lowest BCUT2D eigenvalue weighted by Crippen LogP contribution is -2.38. The van der Waals surface area contributed by atoms with E-state index in [0.29, 0.717) is 0 Å². The fraction of sp³-hybridized carbons (Fsp3) is 0.158. The number of carbonyl (C=O) groups is 2. The van der Waals surface area contributed by atoms with E-state index in [4.69, 9.17) is 4.84 Å². The smallest absolute Gasteiger partial charge is 0.264 e. The van der Waals surface area contributed by atoms with E-state index >= 15 is 0 Å². The van der Waals surface area contributed by atoms with Gasteiger partial charge in [0.15, 0.2) is 6.61 Å². The van der Waals surface area contributed by atoms with E-state index in [2.05, 4.69) is 5.48 Å². The molecule has 0 saturated carbocycles. The zero-order valence-electron chi connectivity index (χ0n) is 15.9. The minimum atomic E-state index is -3.94. The number of anilines is 1. The van der Waals surface area contributed by atoms with Crippen LogP contribution in [0.1, 0.15) is 17.3 Å². The monoisotopic (exact) mass is 437 g/mol. The molecule has 0 aromatic heterocycles. The van der Waals surface area contributed by atoms with E-state index in [9.17, 15) is 26.8 Å². The molecule has 0 spiro atoms. The maximum Gasteiger partial charge on any atom is 0.264 e. The number of nitrogens with one attached hydrogen (secondary N) is 2. The molecule has 1 aliphatic heterocycles. The number of nitrogens with zero attached hydrogens (tertiary/aromatic N) is 1. The standard InChI is InChI=1S/C19H17F2N3O5S/c1-11(23-29-10-16(25)22-17-13(20)7-5-8-14(17)21)18-19(26)12-6-3-4-9-15(12)30(27,28)24(18)2/h3-9,23H,10H2,1-2H3,(H,22,25). The number of carbonyl (C=O) groups excluding carboxylic acids is 2. The number of ketones is 1. The van der Waals surface area contributed by atoms with Crippen LogP contribution in [0.15, 0.2) is 58.8 Å². The molecular formula is C19H17F2N3O5S. The van der Waals surface area contributed by atoms with Crippen molar-refractivity contribution in [2.24, 2.45) is 0 Å². The Morgan fingerprint density at radius 1 is 1.10 bits per heavy atom. The molecule has 0 unspecified atom stereocenters. The molecular weight excluding hydrogens is 420 g/mol. The number of hydrogen-bond donors (Lipinski definition) is 2. The first-order chi connectivity index (χ1) is 14.1. The van der Waals surface area contributed by atoms with E-state index < -0.39 is 45.6 Å². The topological polar surface area (TPSA) is 105 Å². The van der Waals surface area contributed by atoms with Crippen molar-refractivity contribution in [3.05, 3.63) is 71.1 Å². The Balaban J connectivity index is 1.73. The van der Waals surface area contributed by atoms with Gasteiger partial charge in [-0.2, -0.15) is 0 Å². The highest BCUT2D eigenvalue weighted by Crippen LogP contribution is 2.31. The molecule has 0 saturated heterocycles. The Kier molecular flexibility index (Phi) is 5.85. The lowest BCUT2D eigenvalue weighted by atomic mass is 10.1. The molecule has 1 aliphatic rings. The Hall–Kier alpha value is -3.31. The number of amides is 1. The number of para-hydroxylation sites is 1. The summed E-state index contributed by atoms with van der Waals surface area (Å²) in [5.41, 5.74) is 1.57. The van der Waals surface area contributed by atoms with Gasteiger partial charge in [0.1, 0.15) is 23.0 Å². The minimum Gasteiger partial charge on any atom is -0.319 e. The van der Waals surface area contributed by atoms with Gasteiger partial charge < -0.3 is 5.32 Å². The molecule has 2 aromatic carbocycles. The van der Waals surface area contributed by atoms with Crippen LogP contribution in [0.25, 0.3) is 0 Å². The Bertz CT molecular complexity index is 1140. The first kappa shape index (κ1) is 21.4. The van der Waals surface area contributed by atoms with Crippen molar-refractivity contribution in [1.82, 2.24) is 9.79 Å². The number of allylic oxidation sites excluding steroid dienone is 2. The number of sulfonamides is 1. The van der Waals surface area contributed by atoms with Crippen LogP contribution in [0.4, 0.5) is 14.5 Å². The number of likely N-dealkylation sites (N-methyl/N-ethyl adjacent to an activating group) is 1. The number of Topliss-reactive ketones (excluding diaryl/α,β-unsaturated/α-hetero) is 1. The van der Waals surface area contributed by atoms with Crippen molar-refractivity contribution in [3.63, 3.8) is 0 Å². The van der Waals surface area contributed by atoms with E-state index in [-0.39, 0.29) is 21.9 Å². The van der Waals surface area contributed by atoms with Crippen molar-refractivity contribution >= 4 is 27.4 Å². The zero-order valence-corrected chi connectivity index (χ0v) is 16.7. The van der Waals surface area contributed by atoms with Crippen molar-refractivity contribution in [1.29, 1.82) is 0 Å². The molecule has 8 nitrogen and oxygen atoms in total. The summed E-state index contributed by atoms with van der Waals surface area (Å²) in [4.78, 5) is 29.5. The van der Waals surface area contributed by atoms with Crippen molar-refractivity contribution in [3.8, 4) is 0 Å². The second-order valence-electron chi connectivity index (χ2n) is 6.31. The third kappa shape index (κ3) is 3.89. The molecule has 0 radical (unpaired) electrons. The highest BCUT2D eigenvalue weighted by atomic mass is 32.2. The Morgan fingerprint density at radius 2 is 1.73 bits per heavy atom. The van der Waals surface area contributed by atoms with Gasteiger partial charge in [0.25, 0.3) is 15.9 Å². The largest absolute Gasteiger partial charge is 0.319 e. The van der Waals surface area contributed by atoms with Gasteiger partial charge in [0.05, 0.1) is 10.6 Å². The Labute approximate surface area is 171 Å². The number of rotatable bonds is 5. The quantitative estimate of drug-likeness (QED) is 0.549. The van der Waals surface area contributed by atoms with E-state index in [0.717, 1.165) is 22.5 Å². The molecule has 2 N–H and O–H groups in total. The van der Waals surface area contributed by atoms with Crippen molar-refractivity contribution < 1.29 is 31.6 Å². The summed E-state index contributed by atoms with van der Waals surface area (Å²) in [6, 6.07) is 8.90. The molecule has 30 heavy (non-hydrogen) atoms. The summed E-state index contributed by atoms with van der Waals surface area (Å²) in [7, 11) is -2.72. The number of benzene rings is 2. The van der Waals surface area contributed by atoms with Crippen LogP contribution in [0.2, 0.25) is 0 Å².